The van der Waals surface area contributed by atoms with Gasteiger partial charge in [-0.25, -0.2) is 4.68 Å². The number of hydrogen-bond donors (Lipinski definition) is 1. The summed E-state index contributed by atoms with van der Waals surface area (Å²) >= 11 is 0. The molecule has 1 aromatic carbocycles. The summed E-state index contributed by atoms with van der Waals surface area (Å²) in [5.74, 6) is 0.448. The number of rotatable bonds is 4. The summed E-state index contributed by atoms with van der Waals surface area (Å²) in [7, 11) is 0. The second kappa shape index (κ2) is 5.36. The standard InChI is InChI=1S/C15H21N3/c1-11(2)15-12(3)14(9-10-16)17-18(15)13-7-5-4-6-8-13/h4-8,11H,9-10,16H2,1-3H3. The summed E-state index contributed by atoms with van der Waals surface area (Å²) in [6.45, 7) is 7.20. The molecule has 0 aliphatic heterocycles. The number of aromatic nitrogens is 2. The minimum Gasteiger partial charge on any atom is -0.330 e. The molecule has 0 amide bonds. The first kappa shape index (κ1) is 12.8. The maximum absolute atomic E-state index is 5.65. The maximum Gasteiger partial charge on any atom is 0.0673 e. The van der Waals surface area contributed by atoms with Crippen LogP contribution in [0.1, 0.15) is 36.7 Å². The fourth-order valence-corrected chi connectivity index (χ4v) is 2.37. The van der Waals surface area contributed by atoms with Gasteiger partial charge in [0.2, 0.25) is 0 Å². The molecule has 0 saturated carbocycles. The van der Waals surface area contributed by atoms with E-state index in [9.17, 15) is 0 Å². The molecule has 0 aliphatic rings. The van der Waals surface area contributed by atoms with Crippen LogP contribution in [0.25, 0.3) is 5.69 Å². The molecule has 0 atom stereocenters. The summed E-state index contributed by atoms with van der Waals surface area (Å²) in [4.78, 5) is 0. The predicted octanol–water partition coefficient (Wildman–Crippen LogP) is 2.81. The van der Waals surface area contributed by atoms with Crippen molar-refractivity contribution in [3.63, 3.8) is 0 Å². The van der Waals surface area contributed by atoms with E-state index in [-0.39, 0.29) is 0 Å². The molecular weight excluding hydrogens is 222 g/mol. The van der Waals surface area contributed by atoms with Crippen LogP contribution in [0.15, 0.2) is 30.3 Å². The third kappa shape index (κ3) is 2.31. The quantitative estimate of drug-likeness (QED) is 0.897. The first-order chi connectivity index (χ1) is 8.65. The molecule has 0 spiro atoms. The van der Waals surface area contributed by atoms with Crippen molar-refractivity contribution in [1.82, 2.24) is 9.78 Å². The number of nitrogens with zero attached hydrogens (tertiary/aromatic N) is 2. The Balaban J connectivity index is 2.56. The predicted molar refractivity (Wildman–Crippen MR) is 75.1 cm³/mol. The van der Waals surface area contributed by atoms with Crippen LogP contribution in [0.2, 0.25) is 0 Å². The number of hydrogen-bond acceptors (Lipinski definition) is 2. The highest BCUT2D eigenvalue weighted by Gasteiger charge is 2.17. The lowest BCUT2D eigenvalue weighted by Crippen LogP contribution is -2.05. The van der Waals surface area contributed by atoms with Gasteiger partial charge in [0.25, 0.3) is 0 Å². The van der Waals surface area contributed by atoms with Gasteiger partial charge in [-0.1, -0.05) is 32.0 Å². The van der Waals surface area contributed by atoms with Gasteiger partial charge < -0.3 is 5.73 Å². The third-order valence-corrected chi connectivity index (χ3v) is 3.19. The molecule has 2 rings (SSSR count). The van der Waals surface area contributed by atoms with Gasteiger partial charge in [0.1, 0.15) is 0 Å². The lowest BCUT2D eigenvalue weighted by molar-refractivity contribution is 0.723. The first-order valence-electron chi connectivity index (χ1n) is 6.49. The van der Waals surface area contributed by atoms with Gasteiger partial charge in [0.05, 0.1) is 11.4 Å². The molecule has 0 bridgehead atoms. The van der Waals surface area contributed by atoms with Gasteiger partial charge in [0, 0.05) is 12.1 Å². The van der Waals surface area contributed by atoms with E-state index in [4.69, 9.17) is 10.8 Å². The SMILES string of the molecule is Cc1c(CCN)nn(-c2ccccc2)c1C(C)C. The van der Waals surface area contributed by atoms with Crippen LogP contribution in [0.5, 0.6) is 0 Å². The van der Waals surface area contributed by atoms with Crippen molar-refractivity contribution in [1.29, 1.82) is 0 Å². The van der Waals surface area contributed by atoms with Gasteiger partial charge in [-0.15, -0.1) is 0 Å². The lowest BCUT2D eigenvalue weighted by atomic mass is 10.0. The van der Waals surface area contributed by atoms with Crippen molar-refractivity contribution in [2.24, 2.45) is 5.73 Å². The van der Waals surface area contributed by atoms with E-state index in [0.29, 0.717) is 12.5 Å². The Bertz CT molecular complexity index is 512. The maximum atomic E-state index is 5.65. The molecule has 1 heterocycles. The van der Waals surface area contributed by atoms with E-state index in [1.807, 2.05) is 18.2 Å². The zero-order valence-electron chi connectivity index (χ0n) is 11.4. The molecule has 3 nitrogen and oxygen atoms in total. The minimum absolute atomic E-state index is 0.448. The van der Waals surface area contributed by atoms with Gasteiger partial charge >= 0.3 is 0 Å². The molecule has 0 saturated heterocycles. The minimum atomic E-state index is 0.448. The van der Waals surface area contributed by atoms with Crippen molar-refractivity contribution in [3.05, 3.63) is 47.3 Å². The highest BCUT2D eigenvalue weighted by atomic mass is 15.3. The molecule has 2 aromatic rings. The highest BCUT2D eigenvalue weighted by Crippen LogP contribution is 2.25. The van der Waals surface area contributed by atoms with Gasteiger partial charge in [0.15, 0.2) is 0 Å². The average Bonchev–Trinajstić information content (AvgIpc) is 2.69. The molecule has 0 aliphatic carbocycles. The van der Waals surface area contributed by atoms with Crippen molar-refractivity contribution >= 4 is 0 Å². The molecule has 0 radical (unpaired) electrons. The van der Waals surface area contributed by atoms with Crippen LogP contribution in [0.3, 0.4) is 0 Å². The largest absolute Gasteiger partial charge is 0.330 e. The smallest absolute Gasteiger partial charge is 0.0673 e. The van der Waals surface area contributed by atoms with Crippen molar-refractivity contribution < 1.29 is 0 Å². The van der Waals surface area contributed by atoms with Crippen molar-refractivity contribution in [3.8, 4) is 5.69 Å². The molecule has 3 heteroatoms. The first-order valence-corrected chi connectivity index (χ1v) is 6.49. The van der Waals surface area contributed by atoms with Gasteiger partial charge in [-0.2, -0.15) is 5.10 Å². The lowest BCUT2D eigenvalue weighted by Gasteiger charge is -2.11. The van der Waals surface area contributed by atoms with Crippen LogP contribution < -0.4 is 5.73 Å². The van der Waals surface area contributed by atoms with E-state index >= 15 is 0 Å². The van der Waals surface area contributed by atoms with E-state index < -0.39 is 0 Å². The Hall–Kier alpha value is -1.61. The monoisotopic (exact) mass is 243 g/mol. The Morgan fingerprint density at radius 3 is 2.44 bits per heavy atom. The fourth-order valence-electron chi connectivity index (χ4n) is 2.37. The van der Waals surface area contributed by atoms with Crippen LogP contribution >= 0.6 is 0 Å². The summed E-state index contributed by atoms with van der Waals surface area (Å²) in [6, 6.07) is 10.3. The van der Waals surface area contributed by atoms with E-state index in [1.54, 1.807) is 0 Å². The van der Waals surface area contributed by atoms with Gasteiger partial charge in [-0.3, -0.25) is 0 Å². The van der Waals surface area contributed by atoms with Crippen LogP contribution in [0, 0.1) is 6.92 Å². The highest BCUT2D eigenvalue weighted by molar-refractivity contribution is 5.38. The summed E-state index contributed by atoms with van der Waals surface area (Å²) in [5.41, 5.74) is 10.4. The Kier molecular flexibility index (Phi) is 3.82. The number of nitrogens with two attached hydrogens (primary N) is 1. The normalized spacial score (nSPS) is 11.2. The molecule has 0 unspecified atom stereocenters. The second-order valence-electron chi connectivity index (χ2n) is 4.90. The Morgan fingerprint density at radius 1 is 1.22 bits per heavy atom. The van der Waals surface area contributed by atoms with Crippen molar-refractivity contribution in [2.75, 3.05) is 6.54 Å². The molecular formula is C15H21N3. The zero-order chi connectivity index (χ0) is 13.1. The van der Waals surface area contributed by atoms with Crippen molar-refractivity contribution in [2.45, 2.75) is 33.1 Å². The Morgan fingerprint density at radius 2 is 1.89 bits per heavy atom. The molecule has 2 N–H and O–H groups in total. The molecule has 18 heavy (non-hydrogen) atoms. The fraction of sp³-hybridized carbons (Fsp3) is 0.400. The summed E-state index contributed by atoms with van der Waals surface area (Å²) in [6.07, 6.45) is 0.839. The van der Waals surface area contributed by atoms with E-state index in [2.05, 4.69) is 37.6 Å². The zero-order valence-corrected chi connectivity index (χ0v) is 11.4. The van der Waals surface area contributed by atoms with Crippen LogP contribution in [-0.2, 0) is 6.42 Å². The summed E-state index contributed by atoms with van der Waals surface area (Å²) in [5, 5.41) is 4.73. The van der Waals surface area contributed by atoms with E-state index in [0.717, 1.165) is 17.8 Å². The van der Waals surface area contributed by atoms with E-state index in [1.165, 1.54) is 11.3 Å². The average molecular weight is 243 g/mol. The van der Waals surface area contributed by atoms with Crippen LogP contribution in [0.4, 0.5) is 0 Å². The van der Waals surface area contributed by atoms with Gasteiger partial charge in [-0.05, 0) is 37.1 Å². The third-order valence-electron chi connectivity index (χ3n) is 3.19. The molecule has 1 aromatic heterocycles. The number of para-hydroxylation sites is 1. The topological polar surface area (TPSA) is 43.8 Å². The second-order valence-corrected chi connectivity index (χ2v) is 4.90. The summed E-state index contributed by atoms with van der Waals surface area (Å²) < 4.78 is 2.06. The molecule has 96 valence electrons. The Labute approximate surface area is 109 Å². The number of benzene rings is 1. The molecule has 0 fully saturated rings. The van der Waals surface area contributed by atoms with Crippen LogP contribution in [-0.4, -0.2) is 16.3 Å².